The zero-order chi connectivity index (χ0) is 13.2. The second-order valence-electron chi connectivity index (χ2n) is 4.33. The molecule has 2 N–H and O–H groups in total. The van der Waals surface area contributed by atoms with Gasteiger partial charge >= 0.3 is 0 Å². The van der Waals surface area contributed by atoms with Crippen molar-refractivity contribution in [3.05, 3.63) is 64.5 Å². The van der Waals surface area contributed by atoms with Crippen molar-refractivity contribution in [3.8, 4) is 0 Å². The van der Waals surface area contributed by atoms with Crippen LogP contribution in [-0.4, -0.2) is 4.98 Å². The van der Waals surface area contributed by atoms with E-state index in [2.05, 4.69) is 26.2 Å². The third-order valence-corrected chi connectivity index (χ3v) is 3.58. The second kappa shape index (κ2) is 5.05. The zero-order valence-electron chi connectivity index (χ0n) is 10.1. The maximum Gasteiger partial charge on any atom is 0.146 e. The van der Waals surface area contributed by atoms with E-state index in [9.17, 15) is 4.39 Å². The lowest BCUT2D eigenvalue weighted by atomic mass is 10.1. The van der Waals surface area contributed by atoms with Gasteiger partial charge in [0.15, 0.2) is 0 Å². The Balaban J connectivity index is 1.86. The van der Waals surface area contributed by atoms with E-state index in [-0.39, 0.29) is 5.82 Å². The van der Waals surface area contributed by atoms with Crippen LogP contribution < -0.4 is 5.32 Å². The van der Waals surface area contributed by atoms with E-state index in [0.717, 1.165) is 20.9 Å². The molecule has 4 heteroatoms. The second-order valence-corrected chi connectivity index (χ2v) is 5.25. The van der Waals surface area contributed by atoms with Gasteiger partial charge in [-0.2, -0.15) is 0 Å². The van der Waals surface area contributed by atoms with Crippen molar-refractivity contribution in [2.45, 2.75) is 6.54 Å². The van der Waals surface area contributed by atoms with Gasteiger partial charge in [-0.3, -0.25) is 0 Å². The molecular formula is C15H12BrFN2. The van der Waals surface area contributed by atoms with Crippen LogP contribution >= 0.6 is 15.9 Å². The van der Waals surface area contributed by atoms with E-state index in [1.54, 1.807) is 12.1 Å². The topological polar surface area (TPSA) is 27.8 Å². The molecule has 0 bridgehead atoms. The average molecular weight is 319 g/mol. The smallest absolute Gasteiger partial charge is 0.146 e. The van der Waals surface area contributed by atoms with Crippen LogP contribution in [0, 0.1) is 5.82 Å². The van der Waals surface area contributed by atoms with Crippen LogP contribution in [0.5, 0.6) is 0 Å². The highest BCUT2D eigenvalue weighted by Gasteiger charge is 2.05. The Hall–Kier alpha value is -1.81. The fourth-order valence-electron chi connectivity index (χ4n) is 2.13. The lowest BCUT2D eigenvalue weighted by Crippen LogP contribution is -2.01. The maximum absolute atomic E-state index is 13.6. The molecule has 0 aliphatic rings. The van der Waals surface area contributed by atoms with Gasteiger partial charge in [-0.25, -0.2) is 4.39 Å². The summed E-state index contributed by atoms with van der Waals surface area (Å²) in [5, 5.41) is 4.29. The molecule has 2 aromatic carbocycles. The number of hydrogen-bond acceptors (Lipinski definition) is 1. The van der Waals surface area contributed by atoms with Gasteiger partial charge < -0.3 is 10.3 Å². The van der Waals surface area contributed by atoms with Gasteiger partial charge in [-0.15, -0.1) is 0 Å². The molecule has 1 aromatic heterocycles. The van der Waals surface area contributed by atoms with Gasteiger partial charge in [-0.05, 0) is 35.9 Å². The van der Waals surface area contributed by atoms with Gasteiger partial charge in [0.1, 0.15) is 5.82 Å². The predicted molar refractivity (Wildman–Crippen MR) is 79.7 cm³/mol. The summed E-state index contributed by atoms with van der Waals surface area (Å²) in [5.41, 5.74) is 2.73. The summed E-state index contributed by atoms with van der Waals surface area (Å²) in [6.45, 7) is 0.586. The SMILES string of the molecule is Fc1ccc(Br)cc1NCc1cccc2[nH]ccc12. The standard InChI is InChI=1S/C15H12BrFN2/c16-11-4-5-13(17)15(8-11)19-9-10-2-1-3-14-12(10)6-7-18-14/h1-8,18-19H,9H2. The monoisotopic (exact) mass is 318 g/mol. The molecule has 0 saturated heterocycles. The summed E-state index contributed by atoms with van der Waals surface area (Å²) in [4.78, 5) is 3.17. The number of aromatic amines is 1. The summed E-state index contributed by atoms with van der Waals surface area (Å²) in [6, 6.07) is 13.0. The third-order valence-electron chi connectivity index (χ3n) is 3.08. The number of rotatable bonds is 3. The van der Waals surface area contributed by atoms with Crippen LogP contribution in [0.25, 0.3) is 10.9 Å². The van der Waals surface area contributed by atoms with Gasteiger partial charge in [0, 0.05) is 28.1 Å². The highest BCUT2D eigenvalue weighted by atomic mass is 79.9. The lowest BCUT2D eigenvalue weighted by Gasteiger charge is -2.09. The van der Waals surface area contributed by atoms with Crippen molar-refractivity contribution in [2.24, 2.45) is 0 Å². The molecule has 96 valence electrons. The van der Waals surface area contributed by atoms with Gasteiger partial charge in [0.05, 0.1) is 5.69 Å². The highest BCUT2D eigenvalue weighted by Crippen LogP contribution is 2.22. The molecule has 0 spiro atoms. The number of anilines is 1. The largest absolute Gasteiger partial charge is 0.379 e. The van der Waals surface area contributed by atoms with Crippen LogP contribution in [0.3, 0.4) is 0 Å². The summed E-state index contributed by atoms with van der Waals surface area (Å²) in [6.07, 6.45) is 1.91. The summed E-state index contributed by atoms with van der Waals surface area (Å²) < 4.78 is 14.5. The van der Waals surface area contributed by atoms with E-state index >= 15 is 0 Å². The van der Waals surface area contributed by atoms with Gasteiger partial charge in [-0.1, -0.05) is 28.1 Å². The summed E-state index contributed by atoms with van der Waals surface area (Å²) >= 11 is 3.34. The molecule has 1 heterocycles. The molecule has 0 unspecified atom stereocenters. The van der Waals surface area contributed by atoms with E-state index < -0.39 is 0 Å². The van der Waals surface area contributed by atoms with Crippen LogP contribution in [0.1, 0.15) is 5.56 Å². The van der Waals surface area contributed by atoms with Gasteiger partial charge in [0.25, 0.3) is 0 Å². The fraction of sp³-hybridized carbons (Fsp3) is 0.0667. The van der Waals surface area contributed by atoms with Crippen molar-refractivity contribution < 1.29 is 4.39 Å². The number of H-pyrrole nitrogens is 1. The highest BCUT2D eigenvalue weighted by molar-refractivity contribution is 9.10. The molecule has 0 amide bonds. The van der Waals surface area contributed by atoms with Crippen molar-refractivity contribution >= 4 is 32.5 Å². The molecule has 0 radical (unpaired) electrons. The summed E-state index contributed by atoms with van der Waals surface area (Å²) in [7, 11) is 0. The van der Waals surface area contributed by atoms with Crippen LogP contribution in [0.4, 0.5) is 10.1 Å². The van der Waals surface area contributed by atoms with Crippen LogP contribution in [0.15, 0.2) is 53.1 Å². The molecule has 0 aliphatic heterocycles. The van der Waals surface area contributed by atoms with E-state index in [1.165, 1.54) is 6.07 Å². The summed E-state index contributed by atoms with van der Waals surface area (Å²) in [5.74, 6) is -0.246. The Kier molecular flexibility index (Phi) is 3.25. The minimum Gasteiger partial charge on any atom is -0.379 e. The molecule has 0 fully saturated rings. The number of hydrogen-bond donors (Lipinski definition) is 2. The van der Waals surface area contributed by atoms with Crippen LogP contribution in [-0.2, 0) is 6.54 Å². The quantitative estimate of drug-likeness (QED) is 0.721. The minimum atomic E-state index is -0.246. The number of nitrogens with one attached hydrogen (secondary N) is 2. The normalized spacial score (nSPS) is 10.8. The maximum atomic E-state index is 13.6. The first-order valence-electron chi connectivity index (χ1n) is 5.98. The van der Waals surface area contributed by atoms with Crippen molar-refractivity contribution in [3.63, 3.8) is 0 Å². The molecule has 2 nitrogen and oxygen atoms in total. The Labute approximate surface area is 118 Å². The third kappa shape index (κ3) is 2.49. The molecule has 0 aliphatic carbocycles. The predicted octanol–water partition coefficient (Wildman–Crippen LogP) is 4.68. The zero-order valence-corrected chi connectivity index (χ0v) is 11.7. The Morgan fingerprint density at radius 1 is 1.16 bits per heavy atom. The first-order chi connectivity index (χ1) is 9.24. The van der Waals surface area contributed by atoms with Crippen molar-refractivity contribution in [1.29, 1.82) is 0 Å². The molecule has 3 rings (SSSR count). The Morgan fingerprint density at radius 3 is 2.95 bits per heavy atom. The molecule has 0 atom stereocenters. The van der Waals surface area contributed by atoms with Gasteiger partial charge in [0.2, 0.25) is 0 Å². The Bertz CT molecular complexity index is 721. The number of benzene rings is 2. The Morgan fingerprint density at radius 2 is 2.05 bits per heavy atom. The first-order valence-corrected chi connectivity index (χ1v) is 6.77. The molecule has 19 heavy (non-hydrogen) atoms. The van der Waals surface area contributed by atoms with Crippen molar-refractivity contribution in [2.75, 3.05) is 5.32 Å². The molecule has 3 aromatic rings. The number of fused-ring (bicyclic) bond motifs is 1. The van der Waals surface area contributed by atoms with Crippen LogP contribution in [0.2, 0.25) is 0 Å². The fourth-order valence-corrected chi connectivity index (χ4v) is 2.49. The van der Waals surface area contributed by atoms with Crippen molar-refractivity contribution in [1.82, 2.24) is 4.98 Å². The van der Waals surface area contributed by atoms with E-state index in [0.29, 0.717) is 12.2 Å². The molecule has 0 saturated carbocycles. The average Bonchev–Trinajstić information content (AvgIpc) is 2.88. The van der Waals surface area contributed by atoms with E-state index in [4.69, 9.17) is 0 Å². The lowest BCUT2D eigenvalue weighted by molar-refractivity contribution is 0.630. The van der Waals surface area contributed by atoms with E-state index in [1.807, 2.05) is 30.5 Å². The minimum absolute atomic E-state index is 0.246. The number of aromatic nitrogens is 1. The first kappa shape index (κ1) is 12.2. The molecular weight excluding hydrogens is 307 g/mol. The number of halogens is 2.